The fourth-order valence-electron chi connectivity index (χ4n) is 1.78. The van der Waals surface area contributed by atoms with Crippen molar-refractivity contribution in [3.63, 3.8) is 0 Å². The summed E-state index contributed by atoms with van der Waals surface area (Å²) in [7, 11) is 1.74. The highest BCUT2D eigenvalue weighted by Crippen LogP contribution is 2.05. The number of rotatable bonds is 6. The number of nitrogens with zero attached hydrogens (tertiary/aromatic N) is 1. The molecule has 1 aromatic rings. The molecule has 0 fully saturated rings. The summed E-state index contributed by atoms with van der Waals surface area (Å²) in [5.74, 6) is 0.820. The highest BCUT2D eigenvalue weighted by molar-refractivity contribution is 5.80. The van der Waals surface area contributed by atoms with Crippen molar-refractivity contribution in [1.29, 1.82) is 0 Å². The second-order valence-electron chi connectivity index (χ2n) is 5.22. The van der Waals surface area contributed by atoms with Gasteiger partial charge in [-0.15, -0.1) is 0 Å². The molecule has 0 aliphatic carbocycles. The van der Waals surface area contributed by atoms with E-state index in [0.717, 1.165) is 12.5 Å². The van der Waals surface area contributed by atoms with E-state index in [-0.39, 0.29) is 11.8 Å². The Bertz CT molecular complexity index is 483. The summed E-state index contributed by atoms with van der Waals surface area (Å²) in [5, 5.41) is 9.30. The number of hydrogen-bond acceptors (Lipinski definition) is 2. The van der Waals surface area contributed by atoms with Crippen LogP contribution in [0.4, 0.5) is 0 Å². The molecule has 1 aromatic carbocycles. The highest BCUT2D eigenvalue weighted by Gasteiger charge is 2.05. The predicted octanol–water partition coefficient (Wildman–Crippen LogP) is 1.43. The van der Waals surface area contributed by atoms with Gasteiger partial charge >= 0.3 is 0 Å². The first-order chi connectivity index (χ1) is 10.0. The van der Waals surface area contributed by atoms with Crippen LogP contribution in [0.5, 0.6) is 0 Å². The monoisotopic (exact) mass is 290 g/mol. The van der Waals surface area contributed by atoms with Crippen LogP contribution >= 0.6 is 0 Å². The number of aliphatic imine (C=N–C) groups is 1. The lowest BCUT2D eigenvalue weighted by Crippen LogP contribution is -2.41. The van der Waals surface area contributed by atoms with Crippen molar-refractivity contribution in [1.82, 2.24) is 16.0 Å². The summed E-state index contributed by atoms with van der Waals surface area (Å²) < 4.78 is 0. The van der Waals surface area contributed by atoms with Crippen molar-refractivity contribution in [2.75, 3.05) is 20.1 Å². The van der Waals surface area contributed by atoms with Gasteiger partial charge in [-0.3, -0.25) is 9.79 Å². The lowest BCUT2D eigenvalue weighted by Gasteiger charge is -2.14. The van der Waals surface area contributed by atoms with Gasteiger partial charge in [0.25, 0.3) is 0 Å². The van der Waals surface area contributed by atoms with Crippen LogP contribution in [0, 0.1) is 12.8 Å². The molecule has 0 saturated carbocycles. The zero-order valence-corrected chi connectivity index (χ0v) is 13.4. The van der Waals surface area contributed by atoms with Gasteiger partial charge < -0.3 is 16.0 Å². The van der Waals surface area contributed by atoms with Crippen LogP contribution in [0.1, 0.15) is 25.0 Å². The average Bonchev–Trinajstić information content (AvgIpc) is 2.47. The van der Waals surface area contributed by atoms with E-state index in [1.807, 2.05) is 26.0 Å². The Labute approximate surface area is 127 Å². The first-order valence-corrected chi connectivity index (χ1v) is 7.31. The molecule has 0 radical (unpaired) electrons. The van der Waals surface area contributed by atoms with Gasteiger partial charge in [0, 0.05) is 32.6 Å². The lowest BCUT2D eigenvalue weighted by molar-refractivity contribution is -0.123. The van der Waals surface area contributed by atoms with Gasteiger partial charge in [0.05, 0.1) is 0 Å². The molecule has 0 saturated heterocycles. The molecule has 3 N–H and O–H groups in total. The maximum atomic E-state index is 11.4. The van der Waals surface area contributed by atoms with Gasteiger partial charge in [-0.1, -0.05) is 38.1 Å². The van der Waals surface area contributed by atoms with Crippen LogP contribution < -0.4 is 16.0 Å². The quantitative estimate of drug-likeness (QED) is 0.422. The summed E-state index contributed by atoms with van der Waals surface area (Å²) in [4.78, 5) is 15.6. The zero-order valence-electron chi connectivity index (χ0n) is 13.4. The minimum atomic E-state index is 0.0171. The molecule has 0 heterocycles. The number of carbonyl (C=O) groups excluding carboxylic acids is 1. The Morgan fingerprint density at radius 2 is 1.81 bits per heavy atom. The van der Waals surface area contributed by atoms with Gasteiger partial charge in [0.2, 0.25) is 5.91 Å². The van der Waals surface area contributed by atoms with Crippen molar-refractivity contribution < 1.29 is 4.79 Å². The molecule has 0 unspecified atom stereocenters. The molecule has 21 heavy (non-hydrogen) atoms. The fraction of sp³-hybridized carbons (Fsp3) is 0.500. The number of nitrogens with one attached hydrogen (secondary N) is 3. The van der Waals surface area contributed by atoms with Crippen LogP contribution in [-0.2, 0) is 11.3 Å². The predicted molar refractivity (Wildman–Crippen MR) is 87.2 cm³/mol. The molecule has 0 bridgehead atoms. The van der Waals surface area contributed by atoms with Crippen molar-refractivity contribution in [3.8, 4) is 0 Å². The molecular weight excluding hydrogens is 264 g/mol. The standard InChI is InChI=1S/C16H26N4O/c1-12(2)15(21)18-9-10-19-16(17-4)20-11-14-8-6-5-7-13(14)3/h5-8,12H,9-11H2,1-4H3,(H,18,21)(H2,17,19,20). The van der Waals surface area contributed by atoms with Crippen molar-refractivity contribution in [2.24, 2.45) is 10.9 Å². The molecule has 5 nitrogen and oxygen atoms in total. The average molecular weight is 290 g/mol. The van der Waals surface area contributed by atoms with E-state index >= 15 is 0 Å². The van der Waals surface area contributed by atoms with Gasteiger partial charge in [-0.25, -0.2) is 0 Å². The molecule has 116 valence electrons. The summed E-state index contributed by atoms with van der Waals surface area (Å²) in [6, 6.07) is 8.25. The first kappa shape index (κ1) is 17.0. The number of guanidine groups is 1. The normalized spacial score (nSPS) is 11.4. The van der Waals surface area contributed by atoms with Crippen molar-refractivity contribution >= 4 is 11.9 Å². The summed E-state index contributed by atoms with van der Waals surface area (Å²) >= 11 is 0. The number of amides is 1. The molecular formula is C16H26N4O. The number of hydrogen-bond donors (Lipinski definition) is 3. The van der Waals surface area contributed by atoms with E-state index in [9.17, 15) is 4.79 Å². The molecule has 0 aromatic heterocycles. The van der Waals surface area contributed by atoms with Crippen LogP contribution in [0.25, 0.3) is 0 Å². The topological polar surface area (TPSA) is 65.5 Å². The Morgan fingerprint density at radius 3 is 2.43 bits per heavy atom. The van der Waals surface area contributed by atoms with Crippen molar-refractivity contribution in [3.05, 3.63) is 35.4 Å². The maximum absolute atomic E-state index is 11.4. The Balaban J connectivity index is 2.30. The van der Waals surface area contributed by atoms with Crippen LogP contribution in [0.2, 0.25) is 0 Å². The molecule has 1 amide bonds. The van der Waals surface area contributed by atoms with Crippen molar-refractivity contribution in [2.45, 2.75) is 27.3 Å². The Hall–Kier alpha value is -2.04. The third-order valence-corrected chi connectivity index (χ3v) is 3.17. The van der Waals surface area contributed by atoms with E-state index in [0.29, 0.717) is 13.1 Å². The largest absolute Gasteiger partial charge is 0.355 e. The van der Waals surface area contributed by atoms with Gasteiger partial charge in [-0.2, -0.15) is 0 Å². The third-order valence-electron chi connectivity index (χ3n) is 3.17. The Kier molecular flexibility index (Phi) is 7.29. The number of benzene rings is 1. The van der Waals surface area contributed by atoms with E-state index in [4.69, 9.17) is 0 Å². The van der Waals surface area contributed by atoms with Crippen LogP contribution in [0.15, 0.2) is 29.3 Å². The molecule has 0 aliphatic rings. The minimum Gasteiger partial charge on any atom is -0.355 e. The van der Waals surface area contributed by atoms with E-state index in [1.165, 1.54) is 11.1 Å². The van der Waals surface area contributed by atoms with Crippen LogP contribution in [-0.4, -0.2) is 32.0 Å². The Morgan fingerprint density at radius 1 is 1.14 bits per heavy atom. The summed E-state index contributed by atoms with van der Waals surface area (Å²) in [5.41, 5.74) is 2.50. The smallest absolute Gasteiger partial charge is 0.222 e. The minimum absolute atomic E-state index is 0.0171. The molecule has 0 spiro atoms. The molecule has 0 aliphatic heterocycles. The number of carbonyl (C=O) groups is 1. The SMILES string of the molecule is CN=C(NCCNC(=O)C(C)C)NCc1ccccc1C. The maximum Gasteiger partial charge on any atom is 0.222 e. The van der Waals surface area contributed by atoms with E-state index in [2.05, 4.69) is 40.0 Å². The second-order valence-corrected chi connectivity index (χ2v) is 5.22. The lowest BCUT2D eigenvalue weighted by atomic mass is 10.1. The second kappa shape index (κ2) is 9.00. The fourth-order valence-corrected chi connectivity index (χ4v) is 1.78. The van der Waals surface area contributed by atoms with Gasteiger partial charge in [0.15, 0.2) is 5.96 Å². The van der Waals surface area contributed by atoms with Crippen LogP contribution in [0.3, 0.4) is 0 Å². The summed E-state index contributed by atoms with van der Waals surface area (Å²) in [6.45, 7) is 7.81. The third kappa shape index (κ3) is 6.29. The van der Waals surface area contributed by atoms with Gasteiger partial charge in [-0.05, 0) is 18.1 Å². The molecule has 1 rings (SSSR count). The first-order valence-electron chi connectivity index (χ1n) is 7.31. The van der Waals surface area contributed by atoms with Gasteiger partial charge in [0.1, 0.15) is 0 Å². The highest BCUT2D eigenvalue weighted by atomic mass is 16.1. The zero-order chi connectivity index (χ0) is 15.7. The van der Waals surface area contributed by atoms with E-state index < -0.39 is 0 Å². The summed E-state index contributed by atoms with van der Waals surface area (Å²) in [6.07, 6.45) is 0. The van der Waals surface area contributed by atoms with E-state index in [1.54, 1.807) is 7.05 Å². The molecule has 0 atom stereocenters. The number of aryl methyl sites for hydroxylation is 1. The molecule has 5 heteroatoms.